The summed E-state index contributed by atoms with van der Waals surface area (Å²) in [5.74, 6) is -0.187. The zero-order valence-electron chi connectivity index (χ0n) is 22.2. The number of carbonyl (C=O) groups is 1. The Balaban J connectivity index is 1.60. The first-order chi connectivity index (χ1) is 16.3. The van der Waals surface area contributed by atoms with E-state index in [1.807, 2.05) is 39.8 Å². The Morgan fingerprint density at radius 1 is 0.971 bits per heavy atom. The second kappa shape index (κ2) is 10.4. The van der Waals surface area contributed by atoms with Gasteiger partial charge in [-0.05, 0) is 64.0 Å². The maximum atomic E-state index is 13.2. The fourth-order valence-electron chi connectivity index (χ4n) is 5.57. The predicted molar refractivity (Wildman–Crippen MR) is 139 cm³/mol. The average Bonchev–Trinajstić information content (AvgIpc) is 2.81. The van der Waals surface area contributed by atoms with Crippen molar-refractivity contribution < 1.29 is 19.1 Å². The van der Waals surface area contributed by atoms with Crippen LogP contribution < -0.4 is 0 Å². The Labute approximate surface area is 210 Å². The van der Waals surface area contributed by atoms with E-state index in [9.17, 15) is 15.1 Å². The molecule has 1 aliphatic rings. The molecule has 2 aromatic rings. The van der Waals surface area contributed by atoms with E-state index in [1.165, 1.54) is 5.06 Å². The first-order valence-corrected chi connectivity index (χ1v) is 12.6. The molecule has 0 spiro atoms. The van der Waals surface area contributed by atoms with Gasteiger partial charge in [0, 0.05) is 11.1 Å². The summed E-state index contributed by atoms with van der Waals surface area (Å²) < 4.78 is 6.37. The third-order valence-corrected chi connectivity index (χ3v) is 7.43. The van der Waals surface area contributed by atoms with E-state index in [-0.39, 0.29) is 17.7 Å². The van der Waals surface area contributed by atoms with Gasteiger partial charge in [0.1, 0.15) is 13.2 Å². The van der Waals surface area contributed by atoms with Crippen LogP contribution in [0.1, 0.15) is 58.1 Å². The van der Waals surface area contributed by atoms with Gasteiger partial charge in [0.25, 0.3) is 0 Å². The molecule has 1 saturated heterocycles. The van der Waals surface area contributed by atoms with Crippen molar-refractivity contribution in [2.24, 2.45) is 5.92 Å². The van der Waals surface area contributed by atoms with Gasteiger partial charge in [-0.1, -0.05) is 60.7 Å². The van der Waals surface area contributed by atoms with Gasteiger partial charge in [-0.3, -0.25) is 0 Å². The van der Waals surface area contributed by atoms with Gasteiger partial charge in [-0.25, -0.2) is 4.79 Å². The van der Waals surface area contributed by atoms with Crippen LogP contribution in [0.4, 0.5) is 0 Å². The number of hydrogen-bond acceptors (Lipinski definition) is 5. The summed E-state index contributed by atoms with van der Waals surface area (Å²) in [7, 11) is 4.26. The molecular weight excluding hydrogens is 440 g/mol. The van der Waals surface area contributed by atoms with E-state index in [0.717, 1.165) is 25.8 Å². The highest BCUT2D eigenvalue weighted by atomic mass is 16.6. The monoisotopic (exact) mass is 482 g/mol. The van der Waals surface area contributed by atoms with E-state index in [0.29, 0.717) is 28.1 Å². The molecule has 0 saturated carbocycles. The number of aliphatic hydroxyl groups is 1. The molecule has 0 bridgehead atoms. The molecule has 192 valence electrons. The molecule has 35 heavy (non-hydrogen) atoms. The molecule has 0 unspecified atom stereocenters. The van der Waals surface area contributed by atoms with Crippen LogP contribution in [-0.4, -0.2) is 65.5 Å². The lowest BCUT2D eigenvalue weighted by Crippen LogP contribution is -2.58. The molecule has 0 amide bonds. The lowest BCUT2D eigenvalue weighted by Gasteiger charge is -2.60. The quantitative estimate of drug-likeness (QED) is 0.414. The van der Waals surface area contributed by atoms with Crippen molar-refractivity contribution in [2.45, 2.75) is 63.6 Å². The first-order valence-electron chi connectivity index (χ1n) is 12.6. The second-order valence-corrected chi connectivity index (χ2v) is 11.9. The molecule has 1 fully saturated rings. The fraction of sp³-hybridized carbons (Fsp3) is 0.552. The Kier molecular flexibility index (Phi) is 8.12. The van der Waals surface area contributed by atoms with Crippen molar-refractivity contribution in [3.05, 3.63) is 77.0 Å². The van der Waals surface area contributed by atoms with Crippen LogP contribution in [0.3, 0.4) is 0 Å². The minimum Gasteiger partial charge on any atom is -0.784 e. The van der Waals surface area contributed by atoms with Crippen molar-refractivity contribution in [3.63, 3.8) is 0 Å². The highest BCUT2D eigenvalue weighted by Gasteiger charge is 2.42. The Morgan fingerprint density at radius 3 is 1.89 bits per heavy atom. The van der Waals surface area contributed by atoms with Crippen LogP contribution >= 0.6 is 0 Å². The molecule has 1 aliphatic heterocycles. The largest absolute Gasteiger partial charge is 0.784 e. The maximum Gasteiger partial charge on any atom is 0.347 e. The van der Waals surface area contributed by atoms with Gasteiger partial charge < -0.3 is 24.6 Å². The number of hydroxylamine groups is 2. The number of esters is 1. The number of likely N-dealkylation sites (N-methyl/N-ethyl adjacent to an activating group) is 1. The Morgan fingerprint density at radius 2 is 1.43 bits per heavy atom. The number of carbonyl (C=O) groups excluding carboxylic acids is 1. The molecule has 1 heterocycles. The fourth-order valence-corrected chi connectivity index (χ4v) is 5.57. The Hall–Kier alpha value is -2.25. The zero-order chi connectivity index (χ0) is 25.9. The summed E-state index contributed by atoms with van der Waals surface area (Å²) in [4.78, 5) is 13.2. The molecule has 1 N–H and O–H groups in total. The number of hydrogen-bond donors (Lipinski definition) is 1. The van der Waals surface area contributed by atoms with Crippen LogP contribution in [-0.2, 0) is 15.1 Å². The molecule has 6 heteroatoms. The molecule has 3 rings (SSSR count). The normalized spacial score (nSPS) is 18.9. The zero-order valence-corrected chi connectivity index (χ0v) is 22.2. The standard InChI is InChI=1S/C29H42N2O4/c1-27(2)21-23(22-28(3,4)30(27)34)17-18-31(5,6)19-20-35-26(32)29(33,24-13-9-7-10-14-24)25-15-11-8-12-16-25/h7-16,23,33H,17-22H2,1-6H3. The SMILES string of the molecule is CC1(C)CC(CC[N+](C)(C)CCOC(=O)C(O)(c2ccccc2)c2ccccc2)CC(C)(C)N1[O-]. The molecule has 0 atom stereocenters. The summed E-state index contributed by atoms with van der Waals surface area (Å²) in [5.41, 5.74) is -1.61. The van der Waals surface area contributed by atoms with Crippen LogP contribution in [0.25, 0.3) is 0 Å². The minimum atomic E-state index is -1.86. The van der Waals surface area contributed by atoms with E-state index >= 15 is 0 Å². The van der Waals surface area contributed by atoms with E-state index in [4.69, 9.17) is 4.74 Å². The van der Waals surface area contributed by atoms with Gasteiger partial charge in [0.15, 0.2) is 0 Å². The molecule has 0 radical (unpaired) electrons. The maximum absolute atomic E-state index is 13.2. The van der Waals surface area contributed by atoms with E-state index < -0.39 is 11.6 Å². The second-order valence-electron chi connectivity index (χ2n) is 11.9. The summed E-state index contributed by atoms with van der Waals surface area (Å²) in [6.45, 7) is 9.92. The van der Waals surface area contributed by atoms with Crippen molar-refractivity contribution in [1.29, 1.82) is 0 Å². The highest BCUT2D eigenvalue weighted by molar-refractivity contribution is 5.85. The predicted octanol–water partition coefficient (Wildman–Crippen LogP) is 4.70. The van der Waals surface area contributed by atoms with Crippen molar-refractivity contribution >= 4 is 5.97 Å². The summed E-state index contributed by atoms with van der Waals surface area (Å²) >= 11 is 0. The highest BCUT2D eigenvalue weighted by Crippen LogP contribution is 2.42. The van der Waals surface area contributed by atoms with Crippen LogP contribution in [0.2, 0.25) is 0 Å². The van der Waals surface area contributed by atoms with Crippen LogP contribution in [0.15, 0.2) is 60.7 Å². The summed E-state index contributed by atoms with van der Waals surface area (Å²) in [6.07, 6.45) is 2.78. The van der Waals surface area contributed by atoms with Gasteiger partial charge in [0.2, 0.25) is 5.60 Å². The number of nitrogens with zero attached hydrogens (tertiary/aromatic N) is 2. The number of quaternary nitrogens is 1. The lowest BCUT2D eigenvalue weighted by atomic mass is 9.74. The minimum absolute atomic E-state index is 0.212. The van der Waals surface area contributed by atoms with Crippen LogP contribution in [0, 0.1) is 11.1 Å². The van der Waals surface area contributed by atoms with Crippen molar-refractivity contribution in [2.75, 3.05) is 33.8 Å². The Bertz CT molecular complexity index is 915. The van der Waals surface area contributed by atoms with E-state index in [1.54, 1.807) is 48.5 Å². The molecule has 2 aromatic carbocycles. The third kappa shape index (κ3) is 6.31. The summed E-state index contributed by atoms with van der Waals surface area (Å²) in [5, 5.41) is 25.5. The molecule has 0 aliphatic carbocycles. The van der Waals surface area contributed by atoms with Crippen molar-refractivity contribution in [1.82, 2.24) is 5.06 Å². The topological polar surface area (TPSA) is 72.8 Å². The number of rotatable bonds is 9. The number of ether oxygens (including phenoxy) is 1. The van der Waals surface area contributed by atoms with Gasteiger partial charge in [0.05, 0.1) is 20.6 Å². The van der Waals surface area contributed by atoms with Gasteiger partial charge >= 0.3 is 5.97 Å². The molecule has 0 aromatic heterocycles. The average molecular weight is 483 g/mol. The number of piperidine rings is 1. The first kappa shape index (κ1) is 27.3. The van der Waals surface area contributed by atoms with Crippen LogP contribution in [0.5, 0.6) is 0 Å². The third-order valence-electron chi connectivity index (χ3n) is 7.43. The van der Waals surface area contributed by atoms with E-state index in [2.05, 4.69) is 14.1 Å². The molecule has 6 nitrogen and oxygen atoms in total. The van der Waals surface area contributed by atoms with Gasteiger partial charge in [-0.15, -0.1) is 0 Å². The summed E-state index contributed by atoms with van der Waals surface area (Å²) in [6, 6.07) is 17.9. The van der Waals surface area contributed by atoms with Gasteiger partial charge in [-0.2, -0.15) is 0 Å². The van der Waals surface area contributed by atoms with Crippen molar-refractivity contribution in [3.8, 4) is 0 Å². The number of benzene rings is 2. The molecular formula is C29H42N2O4. The lowest BCUT2D eigenvalue weighted by molar-refractivity contribution is -0.891. The smallest absolute Gasteiger partial charge is 0.347 e.